The van der Waals surface area contributed by atoms with Gasteiger partial charge in [0.2, 0.25) is 0 Å². The number of rotatable bonds is 1. The van der Waals surface area contributed by atoms with Crippen LogP contribution in [0.4, 0.5) is 0 Å². The van der Waals surface area contributed by atoms with E-state index < -0.39 is 0 Å². The summed E-state index contributed by atoms with van der Waals surface area (Å²) in [5.41, 5.74) is 4.54. The Labute approximate surface area is 131 Å². The predicted molar refractivity (Wildman–Crippen MR) is 92.4 cm³/mol. The first-order valence-corrected chi connectivity index (χ1v) is 7.66. The molecule has 100 valence electrons. The van der Waals surface area contributed by atoms with Crippen molar-refractivity contribution in [3.63, 3.8) is 0 Å². The van der Waals surface area contributed by atoms with Gasteiger partial charge in [0.15, 0.2) is 0 Å². The summed E-state index contributed by atoms with van der Waals surface area (Å²) in [5.74, 6) is 0. The fourth-order valence-corrected chi connectivity index (χ4v) is 3.03. The number of aromatic nitrogens is 1. The maximum atomic E-state index is 4.77. The lowest BCUT2D eigenvalue weighted by atomic mass is 9.96. The Balaban J connectivity index is 2.18. The second-order valence-electron chi connectivity index (χ2n) is 5.03. The molecule has 0 N–H and O–H groups in total. The Morgan fingerprint density at radius 1 is 0.619 bits per heavy atom. The van der Waals surface area contributed by atoms with E-state index in [1.165, 1.54) is 21.9 Å². The third-order valence-corrected chi connectivity index (χ3v) is 4.25. The average Bonchev–Trinajstić information content (AvgIpc) is 2.53. The van der Waals surface area contributed by atoms with Crippen molar-refractivity contribution in [2.24, 2.45) is 0 Å². The molecule has 4 aromatic rings. The molecule has 0 unspecified atom stereocenters. The Bertz CT molecular complexity index is 888. The lowest BCUT2D eigenvalue weighted by Crippen LogP contribution is -1.88. The lowest BCUT2D eigenvalue weighted by Gasteiger charge is -2.11. The number of para-hydroxylation sites is 2. The standard InChI is InChI=1S/C19H12BrN/c20-14-11-9-13(10-12-14)19-15-5-1-3-7-17(15)21-18-8-4-2-6-16(18)19/h1-12H. The Morgan fingerprint density at radius 3 is 1.71 bits per heavy atom. The van der Waals surface area contributed by atoms with Crippen molar-refractivity contribution in [2.45, 2.75) is 0 Å². The van der Waals surface area contributed by atoms with Crippen LogP contribution in [-0.4, -0.2) is 4.98 Å². The van der Waals surface area contributed by atoms with E-state index >= 15 is 0 Å². The van der Waals surface area contributed by atoms with E-state index in [4.69, 9.17) is 4.98 Å². The fraction of sp³-hybridized carbons (Fsp3) is 0. The molecule has 0 bridgehead atoms. The van der Waals surface area contributed by atoms with Gasteiger partial charge in [-0.1, -0.05) is 64.5 Å². The van der Waals surface area contributed by atoms with Gasteiger partial charge in [0.1, 0.15) is 0 Å². The van der Waals surface area contributed by atoms with Gasteiger partial charge < -0.3 is 0 Å². The molecule has 21 heavy (non-hydrogen) atoms. The van der Waals surface area contributed by atoms with Crippen LogP contribution in [0.25, 0.3) is 32.9 Å². The molecule has 2 heteroatoms. The van der Waals surface area contributed by atoms with E-state index in [0.717, 1.165) is 15.5 Å². The highest BCUT2D eigenvalue weighted by Gasteiger charge is 2.10. The smallest absolute Gasteiger partial charge is 0.0715 e. The molecular weight excluding hydrogens is 322 g/mol. The van der Waals surface area contributed by atoms with Crippen molar-refractivity contribution in [3.05, 3.63) is 77.3 Å². The number of hydrogen-bond donors (Lipinski definition) is 0. The number of hydrogen-bond acceptors (Lipinski definition) is 1. The van der Waals surface area contributed by atoms with Crippen molar-refractivity contribution < 1.29 is 0 Å². The number of halogens is 1. The van der Waals surface area contributed by atoms with Gasteiger partial charge in [-0.2, -0.15) is 0 Å². The van der Waals surface area contributed by atoms with Gasteiger partial charge in [-0.05, 0) is 29.8 Å². The molecule has 0 aliphatic heterocycles. The summed E-state index contributed by atoms with van der Waals surface area (Å²) in [6.45, 7) is 0. The highest BCUT2D eigenvalue weighted by Crippen LogP contribution is 2.34. The van der Waals surface area contributed by atoms with Crippen LogP contribution in [0.2, 0.25) is 0 Å². The second kappa shape index (κ2) is 4.97. The Hall–Kier alpha value is -2.19. The first-order chi connectivity index (χ1) is 10.3. The first kappa shape index (κ1) is 12.5. The summed E-state index contributed by atoms with van der Waals surface area (Å²) in [5, 5.41) is 2.39. The van der Waals surface area contributed by atoms with Gasteiger partial charge in [0, 0.05) is 20.8 Å². The molecule has 0 aliphatic carbocycles. The average molecular weight is 334 g/mol. The van der Waals surface area contributed by atoms with Crippen molar-refractivity contribution in [1.29, 1.82) is 0 Å². The molecule has 1 nitrogen and oxygen atoms in total. The summed E-state index contributed by atoms with van der Waals surface area (Å²) in [4.78, 5) is 4.77. The van der Waals surface area contributed by atoms with Crippen molar-refractivity contribution in [2.75, 3.05) is 0 Å². The topological polar surface area (TPSA) is 12.9 Å². The predicted octanol–water partition coefficient (Wildman–Crippen LogP) is 5.82. The molecule has 0 saturated carbocycles. The normalized spacial score (nSPS) is 11.1. The summed E-state index contributed by atoms with van der Waals surface area (Å²) in [7, 11) is 0. The minimum atomic E-state index is 1.04. The van der Waals surface area contributed by atoms with E-state index in [9.17, 15) is 0 Å². The molecule has 0 fully saturated rings. The monoisotopic (exact) mass is 333 g/mol. The molecule has 0 radical (unpaired) electrons. The van der Waals surface area contributed by atoms with Gasteiger partial charge in [-0.25, -0.2) is 4.98 Å². The SMILES string of the molecule is Brc1ccc(-c2c3ccccc3nc3ccccc23)cc1. The van der Waals surface area contributed by atoms with Crippen molar-refractivity contribution >= 4 is 37.7 Å². The maximum absolute atomic E-state index is 4.77. The van der Waals surface area contributed by atoms with Crippen LogP contribution < -0.4 is 0 Å². The molecule has 0 saturated heterocycles. The molecular formula is C19H12BrN. The van der Waals surface area contributed by atoms with Crippen LogP contribution >= 0.6 is 15.9 Å². The third-order valence-electron chi connectivity index (χ3n) is 3.72. The van der Waals surface area contributed by atoms with Gasteiger partial charge in [0.05, 0.1) is 11.0 Å². The van der Waals surface area contributed by atoms with E-state index in [2.05, 4.69) is 76.6 Å². The molecule has 4 rings (SSSR count). The minimum Gasteiger partial charge on any atom is -0.248 e. The van der Waals surface area contributed by atoms with Crippen LogP contribution in [0.1, 0.15) is 0 Å². The molecule has 1 heterocycles. The highest BCUT2D eigenvalue weighted by molar-refractivity contribution is 9.10. The zero-order valence-electron chi connectivity index (χ0n) is 11.3. The molecule has 0 spiro atoms. The zero-order chi connectivity index (χ0) is 14.2. The van der Waals surface area contributed by atoms with Crippen LogP contribution in [0.3, 0.4) is 0 Å². The summed E-state index contributed by atoms with van der Waals surface area (Å²) in [6, 6.07) is 25.1. The highest BCUT2D eigenvalue weighted by atomic mass is 79.9. The largest absolute Gasteiger partial charge is 0.248 e. The molecule has 1 aromatic heterocycles. The van der Waals surface area contributed by atoms with Crippen molar-refractivity contribution in [1.82, 2.24) is 4.98 Å². The number of nitrogens with zero attached hydrogens (tertiary/aromatic N) is 1. The number of benzene rings is 3. The minimum absolute atomic E-state index is 1.04. The second-order valence-corrected chi connectivity index (χ2v) is 5.94. The fourth-order valence-electron chi connectivity index (χ4n) is 2.77. The number of pyridine rings is 1. The van der Waals surface area contributed by atoms with Gasteiger partial charge in [-0.15, -0.1) is 0 Å². The van der Waals surface area contributed by atoms with Crippen LogP contribution in [0.5, 0.6) is 0 Å². The molecule has 0 atom stereocenters. The lowest BCUT2D eigenvalue weighted by molar-refractivity contribution is 1.49. The molecule has 3 aromatic carbocycles. The summed E-state index contributed by atoms with van der Waals surface area (Å²) >= 11 is 3.51. The van der Waals surface area contributed by atoms with E-state index in [-0.39, 0.29) is 0 Å². The Morgan fingerprint density at radius 2 is 1.14 bits per heavy atom. The van der Waals surface area contributed by atoms with E-state index in [0.29, 0.717) is 0 Å². The van der Waals surface area contributed by atoms with Crippen LogP contribution in [-0.2, 0) is 0 Å². The zero-order valence-corrected chi connectivity index (χ0v) is 12.8. The van der Waals surface area contributed by atoms with Crippen LogP contribution in [0.15, 0.2) is 77.3 Å². The number of fused-ring (bicyclic) bond motifs is 2. The van der Waals surface area contributed by atoms with Crippen molar-refractivity contribution in [3.8, 4) is 11.1 Å². The summed E-state index contributed by atoms with van der Waals surface area (Å²) in [6.07, 6.45) is 0. The van der Waals surface area contributed by atoms with Gasteiger partial charge >= 0.3 is 0 Å². The Kier molecular flexibility index (Phi) is 2.97. The third kappa shape index (κ3) is 2.12. The molecule has 0 aliphatic rings. The maximum Gasteiger partial charge on any atom is 0.0715 e. The van der Waals surface area contributed by atoms with E-state index in [1.54, 1.807) is 0 Å². The van der Waals surface area contributed by atoms with E-state index in [1.807, 2.05) is 12.1 Å². The quantitative estimate of drug-likeness (QED) is 0.400. The van der Waals surface area contributed by atoms with Gasteiger partial charge in [0.25, 0.3) is 0 Å². The van der Waals surface area contributed by atoms with Gasteiger partial charge in [-0.3, -0.25) is 0 Å². The first-order valence-electron chi connectivity index (χ1n) is 6.86. The molecule has 0 amide bonds. The summed E-state index contributed by atoms with van der Waals surface area (Å²) < 4.78 is 1.09. The van der Waals surface area contributed by atoms with Crippen LogP contribution in [0, 0.1) is 0 Å².